The van der Waals surface area contributed by atoms with E-state index in [1.54, 1.807) is 0 Å². The van der Waals surface area contributed by atoms with Crippen LogP contribution in [0.15, 0.2) is 23.9 Å². The molecule has 4 aliphatic rings. The fourth-order valence-corrected chi connectivity index (χ4v) is 9.68. The van der Waals surface area contributed by atoms with Gasteiger partial charge in [-0.1, -0.05) is 116 Å². The lowest BCUT2D eigenvalue weighted by Crippen LogP contribution is -2.53. The second-order valence-corrected chi connectivity index (χ2v) is 14.4. The smallest absolute Gasteiger partial charge is 0.131 e. The summed E-state index contributed by atoms with van der Waals surface area (Å²) >= 11 is 0. The maximum absolute atomic E-state index is 9.50. The third-order valence-electron chi connectivity index (χ3n) is 12.3. The monoisotopic (exact) mass is 615 g/mol. The van der Waals surface area contributed by atoms with Crippen molar-refractivity contribution in [2.75, 3.05) is 27.2 Å². The molecule has 258 valence electrons. The maximum Gasteiger partial charge on any atom is 0.131 e. The molecule has 8 unspecified atom stereocenters. The Morgan fingerprint density at radius 3 is 2.11 bits per heavy atom. The van der Waals surface area contributed by atoms with Crippen molar-refractivity contribution >= 4 is 0 Å². The van der Waals surface area contributed by atoms with Gasteiger partial charge in [-0.2, -0.15) is 5.26 Å². The largest absolute Gasteiger partial charge is 0.216 e. The molecule has 0 amide bonds. The molecule has 3 aliphatic carbocycles. The number of hydrogen-bond donors (Lipinski definition) is 0. The Balaban J connectivity index is 0.00000214. The van der Waals surface area contributed by atoms with E-state index in [1.807, 2.05) is 55.4 Å². The Labute approximate surface area is 278 Å². The molecule has 0 aromatic rings. The molecule has 3 heteroatoms. The normalized spacial score (nSPS) is 36.6. The highest BCUT2D eigenvalue weighted by atomic mass is 15.7. The van der Waals surface area contributed by atoms with Crippen LogP contribution >= 0.6 is 0 Å². The van der Waals surface area contributed by atoms with E-state index in [4.69, 9.17) is 6.58 Å². The molecule has 44 heavy (non-hydrogen) atoms. The van der Waals surface area contributed by atoms with Crippen LogP contribution in [0.1, 0.15) is 161 Å². The van der Waals surface area contributed by atoms with E-state index in [1.165, 1.54) is 76.2 Å². The molecule has 0 radical (unpaired) electrons. The van der Waals surface area contributed by atoms with Gasteiger partial charge < -0.3 is 0 Å². The molecule has 1 aliphatic heterocycles. The van der Waals surface area contributed by atoms with Gasteiger partial charge in [0.1, 0.15) is 24.4 Å². The van der Waals surface area contributed by atoms with E-state index < -0.39 is 0 Å². The number of hydrogen-bond acceptors (Lipinski definition) is 2. The number of rotatable bonds is 7. The van der Waals surface area contributed by atoms with Crippen LogP contribution in [0.3, 0.4) is 0 Å². The van der Waals surface area contributed by atoms with E-state index in [2.05, 4.69) is 66.0 Å². The third kappa shape index (κ3) is 9.70. The Morgan fingerprint density at radius 1 is 0.977 bits per heavy atom. The van der Waals surface area contributed by atoms with Crippen molar-refractivity contribution in [1.82, 2.24) is 5.01 Å². The first-order valence-electron chi connectivity index (χ1n) is 19.4. The summed E-state index contributed by atoms with van der Waals surface area (Å²) in [6.45, 7) is 35.1. The van der Waals surface area contributed by atoms with Gasteiger partial charge in [-0.15, -0.1) is 5.01 Å². The summed E-state index contributed by atoms with van der Waals surface area (Å²) in [5.74, 6) is 5.14. The van der Waals surface area contributed by atoms with Crippen LogP contribution < -0.4 is 0 Å². The number of nitrogens with zero attached hydrogens (tertiary/aromatic N) is 3. The lowest BCUT2D eigenvalue weighted by atomic mass is 9.48. The topological polar surface area (TPSA) is 27.0 Å². The summed E-state index contributed by atoms with van der Waals surface area (Å²) in [5, 5.41) is 11.8. The highest BCUT2D eigenvalue weighted by molar-refractivity contribution is 5.22. The van der Waals surface area contributed by atoms with Crippen molar-refractivity contribution in [2.45, 2.75) is 161 Å². The van der Waals surface area contributed by atoms with Gasteiger partial charge in [-0.3, -0.25) is 0 Å². The van der Waals surface area contributed by atoms with Crippen molar-refractivity contribution in [3.8, 4) is 6.07 Å². The Morgan fingerprint density at radius 2 is 1.59 bits per heavy atom. The second-order valence-electron chi connectivity index (χ2n) is 14.4. The molecule has 0 aromatic heterocycles. The number of nitriles is 1. The molecule has 3 nitrogen and oxygen atoms in total. The maximum atomic E-state index is 9.50. The minimum Gasteiger partial charge on any atom is -0.216 e. The predicted octanol–water partition coefficient (Wildman–Crippen LogP) is 12.5. The van der Waals surface area contributed by atoms with E-state index in [-0.39, 0.29) is 0 Å². The van der Waals surface area contributed by atoms with Crippen LogP contribution in [0, 0.1) is 57.7 Å². The van der Waals surface area contributed by atoms with Gasteiger partial charge in [-0.25, -0.2) is 4.59 Å². The van der Waals surface area contributed by atoms with Crippen molar-refractivity contribution in [3.63, 3.8) is 0 Å². The van der Waals surface area contributed by atoms with Gasteiger partial charge >= 0.3 is 0 Å². The molecule has 0 bridgehead atoms. The van der Waals surface area contributed by atoms with Crippen molar-refractivity contribution in [3.05, 3.63) is 23.9 Å². The summed E-state index contributed by atoms with van der Waals surface area (Å²) in [6.07, 6.45) is 17.6. The highest BCUT2D eigenvalue weighted by Gasteiger charge is 2.53. The van der Waals surface area contributed by atoms with Crippen LogP contribution in [0.2, 0.25) is 0 Å². The fraction of sp³-hybridized carbons (Fsp3) is 0.878. The second kappa shape index (κ2) is 20.2. The number of fused-ring (bicyclic) bond motifs is 3. The summed E-state index contributed by atoms with van der Waals surface area (Å²) in [4.78, 5) is 0. The van der Waals surface area contributed by atoms with Gasteiger partial charge in [0.15, 0.2) is 0 Å². The molecule has 1 heterocycles. The average molecular weight is 615 g/mol. The molecule has 0 spiro atoms. The highest BCUT2D eigenvalue weighted by Crippen LogP contribution is 2.61. The van der Waals surface area contributed by atoms with Gasteiger partial charge in [-0.05, 0) is 103 Å². The van der Waals surface area contributed by atoms with Crippen LogP contribution in [-0.4, -0.2) is 36.8 Å². The zero-order valence-corrected chi connectivity index (χ0v) is 32.8. The van der Waals surface area contributed by atoms with Crippen LogP contribution in [-0.2, 0) is 0 Å². The van der Waals surface area contributed by atoms with Gasteiger partial charge in [0.25, 0.3) is 0 Å². The van der Waals surface area contributed by atoms with Gasteiger partial charge in [0.2, 0.25) is 0 Å². The first kappa shape index (κ1) is 42.9. The zero-order valence-electron chi connectivity index (χ0n) is 32.8. The Hall–Kier alpha value is -1.11. The summed E-state index contributed by atoms with van der Waals surface area (Å²) < 4.78 is 0.693. The van der Waals surface area contributed by atoms with Crippen molar-refractivity contribution in [1.29, 1.82) is 5.26 Å². The molecule has 4 rings (SSSR count). The van der Waals surface area contributed by atoms with Crippen LogP contribution in [0.25, 0.3) is 0 Å². The van der Waals surface area contributed by atoms with Crippen molar-refractivity contribution < 1.29 is 4.59 Å². The van der Waals surface area contributed by atoms with E-state index in [0.29, 0.717) is 21.3 Å². The third-order valence-corrected chi connectivity index (χ3v) is 12.3. The van der Waals surface area contributed by atoms with E-state index >= 15 is 0 Å². The molecule has 9 atom stereocenters. The zero-order chi connectivity index (χ0) is 34.3. The minimum absolute atomic E-state index is 0.336. The fourth-order valence-electron chi connectivity index (χ4n) is 9.68. The van der Waals surface area contributed by atoms with Crippen molar-refractivity contribution in [2.24, 2.45) is 46.3 Å². The quantitative estimate of drug-likeness (QED) is 0.211. The summed E-state index contributed by atoms with van der Waals surface area (Å²) in [7, 11) is 4.39. The lowest BCUT2D eigenvalue weighted by molar-refractivity contribution is -0.962. The van der Waals surface area contributed by atoms with Gasteiger partial charge in [0.05, 0.1) is 13.6 Å². The van der Waals surface area contributed by atoms with Gasteiger partial charge in [0, 0.05) is 7.05 Å². The first-order chi connectivity index (χ1) is 21.0. The summed E-state index contributed by atoms with van der Waals surface area (Å²) in [6, 6.07) is 2.40. The van der Waals surface area contributed by atoms with Crippen LogP contribution in [0.4, 0.5) is 0 Å². The molecule has 0 aromatic carbocycles. The van der Waals surface area contributed by atoms with E-state index in [0.717, 1.165) is 48.3 Å². The Kier molecular flexibility index (Phi) is 19.7. The molecular weight excluding hydrogens is 534 g/mol. The molecule has 0 saturated heterocycles. The lowest BCUT2D eigenvalue weighted by Gasteiger charge is -2.57. The predicted molar refractivity (Wildman–Crippen MR) is 197 cm³/mol. The van der Waals surface area contributed by atoms with Crippen LogP contribution in [0.5, 0.6) is 0 Å². The SMILES string of the molecule is C=C(C[N+]1(C)C=C(C#N)CN1C)C(CCC)C1(C)CCC2C3CCC[C@](C)(CC)CC3CCC2C1C.CC.CC.CC.CC. The van der Waals surface area contributed by atoms with E-state index in [9.17, 15) is 5.26 Å². The average Bonchev–Trinajstić information content (AvgIpc) is 3.22. The Bertz CT molecular complexity index is 885. The number of quaternary nitrogens is 1. The molecule has 3 fully saturated rings. The first-order valence-corrected chi connectivity index (χ1v) is 19.4. The molecule has 3 saturated carbocycles. The minimum atomic E-state index is 0.336. The summed E-state index contributed by atoms with van der Waals surface area (Å²) in [5.41, 5.74) is 3.23. The standard InChI is InChI=1S/C33H56N3.4C2H6/c1-9-12-31(24(3)22-36(8)23-26(20-34)21-35(36)7)33(6)18-16-30-28(25(33)4)15-14-27-19-32(5,10-2)17-11-13-29(27)30;4*1-2/h23,25,27-31H,3,9-19,21-22H2,1-2,4-8H3;4*1-2H3/q+1;;;;/t25?,27?,28?,29?,30?,31?,32-,33?,36?;;;;/m0..../s1. The molecule has 0 N–H and O–H groups in total. The number of likely N-dealkylation sites (N-methyl/N-ethyl adjacent to an activating group) is 2. The molecular formula is C41H80N3+.